The number of benzene rings is 1. The van der Waals surface area contributed by atoms with Gasteiger partial charge in [-0.15, -0.1) is 0 Å². The van der Waals surface area contributed by atoms with Gasteiger partial charge in [0.15, 0.2) is 0 Å². The zero-order valence-electron chi connectivity index (χ0n) is 18.5. The molecule has 0 aromatic heterocycles. The fourth-order valence-corrected chi connectivity index (χ4v) is 6.65. The molecule has 178 valence electrons. The lowest BCUT2D eigenvalue weighted by atomic mass is 9.79. The minimum absolute atomic E-state index is 0.0212. The Labute approximate surface area is 229 Å². The van der Waals surface area contributed by atoms with E-state index in [9.17, 15) is 14.4 Å². The second kappa shape index (κ2) is 12.0. The molecule has 1 fully saturated rings. The molecule has 0 radical (unpaired) electrons. The van der Waals surface area contributed by atoms with Crippen molar-refractivity contribution < 1.29 is 33.3 Å². The molecule has 1 saturated heterocycles. The predicted molar refractivity (Wildman–Crippen MR) is 143 cm³/mol. The van der Waals surface area contributed by atoms with Crippen LogP contribution >= 0.6 is 67.8 Å². The van der Waals surface area contributed by atoms with E-state index in [-0.39, 0.29) is 31.9 Å². The Morgan fingerprint density at radius 2 is 1.38 bits per heavy atom. The van der Waals surface area contributed by atoms with Crippen molar-refractivity contribution in [1.29, 1.82) is 0 Å². The Bertz CT molecular complexity index is 840. The molecule has 0 N–H and O–H groups in total. The van der Waals surface area contributed by atoms with E-state index in [2.05, 4.69) is 67.8 Å². The topological polar surface area (TPSA) is 91.4 Å². The molecule has 10 heteroatoms. The van der Waals surface area contributed by atoms with Crippen LogP contribution < -0.4 is 0 Å². The molecule has 7 nitrogen and oxygen atoms in total. The number of ether oxygens (including phenoxy) is 4. The standard InChI is InChI=1S/C22H27I3O7/c1-21(2,5-6-22(3,4)20(28)32-12-14-11-31-14)19(27)30-8-7-29-18(26)17-15(24)9-13(23)10-16(17)25/h9-10,14H,5-8,11-12H2,1-4H3. The van der Waals surface area contributed by atoms with Gasteiger partial charge in [0.2, 0.25) is 0 Å². The number of carbonyl (C=O) groups is 3. The van der Waals surface area contributed by atoms with Gasteiger partial charge in [-0.25, -0.2) is 4.79 Å². The van der Waals surface area contributed by atoms with Crippen LogP contribution in [0.3, 0.4) is 0 Å². The van der Waals surface area contributed by atoms with E-state index in [1.54, 1.807) is 27.7 Å². The molecule has 0 aliphatic carbocycles. The van der Waals surface area contributed by atoms with Crippen LogP contribution in [0.2, 0.25) is 0 Å². The quantitative estimate of drug-likeness (QED) is 0.103. The van der Waals surface area contributed by atoms with Gasteiger partial charge >= 0.3 is 17.9 Å². The maximum atomic E-state index is 12.5. The van der Waals surface area contributed by atoms with E-state index >= 15 is 0 Å². The largest absolute Gasteiger partial charge is 0.462 e. The van der Waals surface area contributed by atoms with Crippen LogP contribution in [-0.2, 0) is 28.5 Å². The van der Waals surface area contributed by atoms with E-state index < -0.39 is 22.8 Å². The molecular weight excluding hydrogens is 757 g/mol. The predicted octanol–water partition coefficient (Wildman–Crippen LogP) is 4.98. The SMILES string of the molecule is CC(C)(CCC(C)(C)C(=O)OCC1CO1)C(=O)OCCOC(=O)c1c(I)cc(I)cc1I. The summed E-state index contributed by atoms with van der Waals surface area (Å²) in [5, 5.41) is 0. The summed E-state index contributed by atoms with van der Waals surface area (Å²) in [6.45, 7) is 8.00. The van der Waals surface area contributed by atoms with Crippen LogP contribution in [0.1, 0.15) is 50.9 Å². The maximum Gasteiger partial charge on any atom is 0.340 e. The van der Waals surface area contributed by atoms with Gasteiger partial charge in [0.25, 0.3) is 0 Å². The lowest BCUT2D eigenvalue weighted by Gasteiger charge is -2.28. The normalized spacial score (nSPS) is 15.8. The van der Waals surface area contributed by atoms with E-state index in [0.29, 0.717) is 25.0 Å². The molecule has 32 heavy (non-hydrogen) atoms. The summed E-state index contributed by atoms with van der Waals surface area (Å²) in [5.41, 5.74) is -0.994. The minimum Gasteiger partial charge on any atom is -0.462 e. The Balaban J connectivity index is 1.76. The maximum absolute atomic E-state index is 12.5. The highest BCUT2D eigenvalue weighted by atomic mass is 127. The summed E-state index contributed by atoms with van der Waals surface area (Å²) in [6, 6.07) is 3.80. The summed E-state index contributed by atoms with van der Waals surface area (Å²) < 4.78 is 23.6. The van der Waals surface area contributed by atoms with Gasteiger partial charge in [-0.2, -0.15) is 0 Å². The highest BCUT2D eigenvalue weighted by molar-refractivity contribution is 14.1. The molecule has 1 atom stereocenters. The first kappa shape index (κ1) is 28.0. The van der Waals surface area contributed by atoms with Crippen molar-refractivity contribution in [3.63, 3.8) is 0 Å². The van der Waals surface area contributed by atoms with Gasteiger partial charge in [-0.1, -0.05) is 0 Å². The third-order valence-corrected chi connectivity index (χ3v) is 7.37. The van der Waals surface area contributed by atoms with Crippen molar-refractivity contribution >= 4 is 85.7 Å². The molecule has 1 aromatic carbocycles. The van der Waals surface area contributed by atoms with Crippen LogP contribution in [0.5, 0.6) is 0 Å². The van der Waals surface area contributed by atoms with Crippen molar-refractivity contribution in [2.45, 2.75) is 46.6 Å². The monoisotopic (exact) mass is 784 g/mol. The molecule has 1 aliphatic heterocycles. The van der Waals surface area contributed by atoms with E-state index in [4.69, 9.17) is 18.9 Å². The number of hydrogen-bond donors (Lipinski definition) is 0. The molecule has 0 spiro atoms. The Morgan fingerprint density at radius 1 is 0.906 bits per heavy atom. The zero-order chi connectivity index (χ0) is 24.1. The van der Waals surface area contributed by atoms with E-state index in [1.807, 2.05) is 12.1 Å². The first-order chi connectivity index (χ1) is 14.8. The summed E-state index contributed by atoms with van der Waals surface area (Å²) in [6.07, 6.45) is 0.943. The summed E-state index contributed by atoms with van der Waals surface area (Å²) >= 11 is 6.41. The number of halogens is 3. The summed E-state index contributed by atoms with van der Waals surface area (Å²) in [7, 11) is 0. The number of carbonyl (C=O) groups excluding carboxylic acids is 3. The molecule has 1 aliphatic rings. The van der Waals surface area contributed by atoms with Gasteiger partial charge in [-0.05, 0) is 120 Å². The number of hydrogen-bond acceptors (Lipinski definition) is 7. The average Bonchev–Trinajstić information content (AvgIpc) is 3.51. The van der Waals surface area contributed by atoms with Gasteiger partial charge in [0.1, 0.15) is 25.9 Å². The second-order valence-electron chi connectivity index (χ2n) is 8.84. The zero-order valence-corrected chi connectivity index (χ0v) is 24.9. The highest BCUT2D eigenvalue weighted by Crippen LogP contribution is 2.33. The van der Waals surface area contributed by atoms with Gasteiger partial charge in [0.05, 0.1) is 23.0 Å². The van der Waals surface area contributed by atoms with Crippen LogP contribution in [0.25, 0.3) is 0 Å². The fourth-order valence-electron chi connectivity index (χ4n) is 2.63. The third kappa shape index (κ3) is 8.53. The third-order valence-electron chi connectivity index (χ3n) is 5.04. The summed E-state index contributed by atoms with van der Waals surface area (Å²) in [4.78, 5) is 37.2. The Morgan fingerprint density at radius 3 is 1.88 bits per heavy atom. The van der Waals surface area contributed by atoms with Gasteiger partial charge < -0.3 is 18.9 Å². The molecular formula is C22H27I3O7. The van der Waals surface area contributed by atoms with Crippen LogP contribution in [-0.4, -0.2) is 50.4 Å². The van der Waals surface area contributed by atoms with Crippen molar-refractivity contribution in [2.75, 3.05) is 26.4 Å². The fraction of sp³-hybridized carbons (Fsp3) is 0.591. The number of rotatable bonds is 11. The minimum atomic E-state index is -0.790. The number of esters is 3. The lowest BCUT2D eigenvalue weighted by molar-refractivity contribution is -0.159. The van der Waals surface area contributed by atoms with E-state index in [0.717, 1.165) is 10.7 Å². The Kier molecular flexibility index (Phi) is 10.5. The number of epoxide rings is 1. The van der Waals surface area contributed by atoms with Crippen molar-refractivity contribution in [2.24, 2.45) is 10.8 Å². The lowest BCUT2D eigenvalue weighted by Crippen LogP contribution is -2.33. The second-order valence-corrected chi connectivity index (χ2v) is 12.4. The first-order valence-corrected chi connectivity index (χ1v) is 13.3. The first-order valence-electron chi connectivity index (χ1n) is 10.1. The summed E-state index contributed by atoms with van der Waals surface area (Å²) in [5.74, 6) is -1.14. The van der Waals surface area contributed by atoms with Crippen molar-refractivity contribution in [3.8, 4) is 0 Å². The smallest absolute Gasteiger partial charge is 0.340 e. The van der Waals surface area contributed by atoms with Crippen LogP contribution in [0, 0.1) is 21.5 Å². The average molecular weight is 784 g/mol. The molecule has 0 saturated carbocycles. The Hall–Kier alpha value is -0.220. The van der Waals surface area contributed by atoms with E-state index in [1.165, 1.54) is 0 Å². The molecule has 1 heterocycles. The van der Waals surface area contributed by atoms with Gasteiger partial charge in [-0.3, -0.25) is 9.59 Å². The van der Waals surface area contributed by atoms with Crippen molar-refractivity contribution in [1.82, 2.24) is 0 Å². The molecule has 1 unspecified atom stereocenters. The molecule has 2 rings (SSSR count). The van der Waals surface area contributed by atoms with Crippen molar-refractivity contribution in [3.05, 3.63) is 28.4 Å². The molecule has 0 bridgehead atoms. The van der Waals surface area contributed by atoms with Gasteiger partial charge in [0, 0.05) is 10.7 Å². The van der Waals surface area contributed by atoms with Crippen LogP contribution in [0.4, 0.5) is 0 Å². The van der Waals surface area contributed by atoms with Crippen LogP contribution in [0.15, 0.2) is 12.1 Å². The molecule has 0 amide bonds. The molecule has 1 aromatic rings. The highest BCUT2D eigenvalue weighted by Gasteiger charge is 2.37.